The van der Waals surface area contributed by atoms with E-state index in [0.717, 1.165) is 0 Å². The number of benzene rings is 1. The quantitative estimate of drug-likeness (QED) is 0.787. The van der Waals surface area contributed by atoms with E-state index in [1.165, 1.54) is 6.92 Å². The Bertz CT molecular complexity index is 460. The molecule has 104 valence electrons. The van der Waals surface area contributed by atoms with Gasteiger partial charge in [-0.25, -0.2) is 0 Å². The van der Waals surface area contributed by atoms with Gasteiger partial charge in [0.2, 0.25) is 5.91 Å². The molecule has 0 saturated carbocycles. The van der Waals surface area contributed by atoms with Crippen molar-refractivity contribution in [3.63, 3.8) is 0 Å². The molecule has 2 amide bonds. The molecule has 1 rings (SSSR count). The van der Waals surface area contributed by atoms with Gasteiger partial charge in [-0.15, -0.1) is 0 Å². The highest BCUT2D eigenvalue weighted by Crippen LogP contribution is 2.28. The largest absolute Gasteiger partial charge is 0.490 e. The van der Waals surface area contributed by atoms with E-state index in [1.807, 2.05) is 13.8 Å². The number of hydrazine groups is 1. The Kier molecular flexibility index (Phi) is 5.66. The SMILES string of the molecule is CCOc1ccc(C(=O)NNC(C)=O)cc1OCC. The molecule has 0 unspecified atom stereocenters. The summed E-state index contributed by atoms with van der Waals surface area (Å²) in [6.45, 7) is 6.01. The van der Waals surface area contributed by atoms with Gasteiger partial charge in [0.05, 0.1) is 13.2 Å². The third-order valence-electron chi connectivity index (χ3n) is 2.16. The van der Waals surface area contributed by atoms with Crippen LogP contribution in [0.1, 0.15) is 31.1 Å². The molecule has 6 nitrogen and oxygen atoms in total. The van der Waals surface area contributed by atoms with Gasteiger partial charge in [-0.3, -0.25) is 20.4 Å². The molecular formula is C13H18N2O4. The van der Waals surface area contributed by atoms with Crippen LogP contribution in [0, 0.1) is 0 Å². The summed E-state index contributed by atoms with van der Waals surface area (Å²) in [6.07, 6.45) is 0. The van der Waals surface area contributed by atoms with E-state index in [0.29, 0.717) is 30.3 Å². The zero-order chi connectivity index (χ0) is 14.3. The number of carbonyl (C=O) groups is 2. The van der Waals surface area contributed by atoms with Crippen molar-refractivity contribution in [1.29, 1.82) is 0 Å². The Balaban J connectivity index is 2.87. The first kappa shape index (κ1) is 14.8. The van der Waals surface area contributed by atoms with Crippen molar-refractivity contribution in [2.75, 3.05) is 13.2 Å². The van der Waals surface area contributed by atoms with Crippen molar-refractivity contribution < 1.29 is 19.1 Å². The highest BCUT2D eigenvalue weighted by Gasteiger charge is 2.11. The van der Waals surface area contributed by atoms with Crippen LogP contribution in [0.25, 0.3) is 0 Å². The standard InChI is InChI=1S/C13H18N2O4/c1-4-18-11-7-6-10(8-12(11)19-5-2)13(17)15-14-9(3)16/h6-8H,4-5H2,1-3H3,(H,14,16)(H,15,17). The lowest BCUT2D eigenvalue weighted by atomic mass is 10.2. The molecule has 0 bridgehead atoms. The lowest BCUT2D eigenvalue weighted by Gasteiger charge is -2.12. The van der Waals surface area contributed by atoms with Crippen molar-refractivity contribution in [1.82, 2.24) is 10.9 Å². The third kappa shape index (κ3) is 4.50. The van der Waals surface area contributed by atoms with Gasteiger partial charge in [0.15, 0.2) is 11.5 Å². The van der Waals surface area contributed by atoms with Crippen LogP contribution in [0.5, 0.6) is 11.5 Å². The monoisotopic (exact) mass is 266 g/mol. The molecule has 0 fully saturated rings. The minimum Gasteiger partial charge on any atom is -0.490 e. The summed E-state index contributed by atoms with van der Waals surface area (Å²) in [4.78, 5) is 22.5. The van der Waals surface area contributed by atoms with E-state index in [-0.39, 0.29) is 5.91 Å². The first-order chi connectivity index (χ1) is 9.08. The maximum atomic E-state index is 11.8. The molecule has 6 heteroatoms. The molecular weight excluding hydrogens is 248 g/mol. The van der Waals surface area contributed by atoms with Gasteiger partial charge in [0.25, 0.3) is 5.91 Å². The summed E-state index contributed by atoms with van der Waals surface area (Å²) < 4.78 is 10.8. The zero-order valence-corrected chi connectivity index (χ0v) is 11.3. The first-order valence-electron chi connectivity index (χ1n) is 6.05. The molecule has 0 aliphatic heterocycles. The van der Waals surface area contributed by atoms with Gasteiger partial charge in [0, 0.05) is 12.5 Å². The summed E-state index contributed by atoms with van der Waals surface area (Å²) in [5.74, 6) is 0.323. The summed E-state index contributed by atoms with van der Waals surface area (Å²) in [5, 5.41) is 0. The number of nitrogens with one attached hydrogen (secondary N) is 2. The van der Waals surface area contributed by atoms with Gasteiger partial charge in [-0.05, 0) is 32.0 Å². The zero-order valence-electron chi connectivity index (χ0n) is 11.3. The Hall–Kier alpha value is -2.24. The summed E-state index contributed by atoms with van der Waals surface area (Å²) in [6, 6.07) is 4.84. The van der Waals surface area contributed by atoms with Gasteiger partial charge in [-0.2, -0.15) is 0 Å². The molecule has 0 aromatic heterocycles. The van der Waals surface area contributed by atoms with Crippen LogP contribution >= 0.6 is 0 Å². The maximum absolute atomic E-state index is 11.8. The van der Waals surface area contributed by atoms with Crippen LogP contribution in [0.4, 0.5) is 0 Å². The normalized spacial score (nSPS) is 9.63. The molecule has 1 aromatic rings. The fourth-order valence-corrected chi connectivity index (χ4v) is 1.41. The van der Waals surface area contributed by atoms with Crippen LogP contribution in [0.2, 0.25) is 0 Å². The van der Waals surface area contributed by atoms with E-state index in [1.54, 1.807) is 18.2 Å². The second-order valence-corrected chi connectivity index (χ2v) is 3.66. The van der Waals surface area contributed by atoms with E-state index in [2.05, 4.69) is 10.9 Å². The summed E-state index contributed by atoms with van der Waals surface area (Å²) >= 11 is 0. The molecule has 0 aliphatic rings. The molecule has 0 saturated heterocycles. The minimum absolute atomic E-state index is 0.343. The van der Waals surface area contributed by atoms with Crippen LogP contribution in [0.15, 0.2) is 18.2 Å². The fraction of sp³-hybridized carbons (Fsp3) is 0.385. The molecule has 0 atom stereocenters. The van der Waals surface area contributed by atoms with E-state index >= 15 is 0 Å². The smallest absolute Gasteiger partial charge is 0.269 e. The maximum Gasteiger partial charge on any atom is 0.269 e. The molecule has 1 aromatic carbocycles. The average molecular weight is 266 g/mol. The lowest BCUT2D eigenvalue weighted by molar-refractivity contribution is -0.119. The molecule has 0 spiro atoms. The number of hydrogen-bond donors (Lipinski definition) is 2. The van der Waals surface area contributed by atoms with Gasteiger partial charge < -0.3 is 9.47 Å². The van der Waals surface area contributed by atoms with Crippen molar-refractivity contribution in [2.45, 2.75) is 20.8 Å². The van der Waals surface area contributed by atoms with Gasteiger partial charge >= 0.3 is 0 Å². The molecule has 0 radical (unpaired) electrons. The van der Waals surface area contributed by atoms with Gasteiger partial charge in [0.1, 0.15) is 0 Å². The van der Waals surface area contributed by atoms with Crippen LogP contribution < -0.4 is 20.3 Å². The van der Waals surface area contributed by atoms with E-state index in [4.69, 9.17) is 9.47 Å². The number of rotatable bonds is 5. The number of ether oxygens (including phenoxy) is 2. The Labute approximate surface area is 112 Å². The van der Waals surface area contributed by atoms with Crippen molar-refractivity contribution in [2.24, 2.45) is 0 Å². The van der Waals surface area contributed by atoms with Crippen LogP contribution in [-0.2, 0) is 4.79 Å². The third-order valence-corrected chi connectivity index (χ3v) is 2.16. The Morgan fingerprint density at radius 3 is 2.26 bits per heavy atom. The second-order valence-electron chi connectivity index (χ2n) is 3.66. The minimum atomic E-state index is -0.417. The van der Waals surface area contributed by atoms with Crippen molar-refractivity contribution in [3.8, 4) is 11.5 Å². The van der Waals surface area contributed by atoms with Crippen LogP contribution in [0.3, 0.4) is 0 Å². The van der Waals surface area contributed by atoms with Crippen LogP contribution in [-0.4, -0.2) is 25.0 Å². The number of hydrogen-bond acceptors (Lipinski definition) is 4. The molecule has 2 N–H and O–H groups in total. The fourth-order valence-electron chi connectivity index (χ4n) is 1.41. The summed E-state index contributed by atoms with van der Waals surface area (Å²) in [7, 11) is 0. The molecule has 0 aliphatic carbocycles. The van der Waals surface area contributed by atoms with E-state index < -0.39 is 5.91 Å². The molecule has 0 heterocycles. The van der Waals surface area contributed by atoms with Crippen molar-refractivity contribution in [3.05, 3.63) is 23.8 Å². The predicted octanol–water partition coefficient (Wildman–Crippen LogP) is 1.26. The van der Waals surface area contributed by atoms with E-state index in [9.17, 15) is 9.59 Å². The second kappa shape index (κ2) is 7.25. The topological polar surface area (TPSA) is 76.7 Å². The predicted molar refractivity (Wildman–Crippen MR) is 70.1 cm³/mol. The highest BCUT2D eigenvalue weighted by molar-refractivity contribution is 5.95. The average Bonchev–Trinajstić information content (AvgIpc) is 2.38. The lowest BCUT2D eigenvalue weighted by Crippen LogP contribution is -2.40. The van der Waals surface area contributed by atoms with Gasteiger partial charge in [-0.1, -0.05) is 0 Å². The first-order valence-corrected chi connectivity index (χ1v) is 6.05. The molecule has 19 heavy (non-hydrogen) atoms. The number of amides is 2. The highest BCUT2D eigenvalue weighted by atomic mass is 16.5. The Morgan fingerprint density at radius 1 is 1.05 bits per heavy atom. The summed E-state index contributed by atoms with van der Waals surface area (Å²) in [5.41, 5.74) is 4.88. The Morgan fingerprint density at radius 2 is 1.68 bits per heavy atom. The van der Waals surface area contributed by atoms with Crippen molar-refractivity contribution >= 4 is 11.8 Å². The number of carbonyl (C=O) groups excluding carboxylic acids is 2.